The third-order valence-electron chi connectivity index (χ3n) is 17.8. The van der Waals surface area contributed by atoms with E-state index in [1.54, 1.807) is 0 Å². The lowest BCUT2D eigenvalue weighted by Gasteiger charge is -2.40. The highest BCUT2D eigenvalue weighted by Gasteiger charge is 2.47. The van der Waals surface area contributed by atoms with Crippen LogP contribution in [0.4, 0.5) is 34.1 Å². The van der Waals surface area contributed by atoms with Gasteiger partial charge in [-0.1, -0.05) is 218 Å². The maximum Gasteiger partial charge on any atom is 0.333 e. The number of rotatable bonds is 6. The molecule has 0 saturated carbocycles. The molecule has 12 aromatic carbocycles. The molecule has 0 N–H and O–H groups in total. The van der Waals surface area contributed by atoms with Gasteiger partial charge in [0.2, 0.25) is 0 Å². The first-order valence-corrected chi connectivity index (χ1v) is 27.9. The van der Waals surface area contributed by atoms with Gasteiger partial charge in [-0.05, 0) is 138 Å². The van der Waals surface area contributed by atoms with E-state index in [1.807, 2.05) is 0 Å². The molecule has 18 rings (SSSR count). The van der Waals surface area contributed by atoms with Crippen LogP contribution >= 0.6 is 0 Å². The molecule has 368 valence electrons. The van der Waals surface area contributed by atoms with Crippen molar-refractivity contribution in [2.45, 2.75) is 0 Å². The van der Waals surface area contributed by atoms with Gasteiger partial charge in [0, 0.05) is 67.1 Å². The second-order valence-electron chi connectivity index (χ2n) is 21.9. The number of hydrogen-bond donors (Lipinski definition) is 0. The highest BCUT2D eigenvalue weighted by molar-refractivity contribution is 6.92. The fourth-order valence-electron chi connectivity index (χ4n) is 14.6. The fourth-order valence-corrected chi connectivity index (χ4v) is 14.6. The second kappa shape index (κ2) is 16.6. The van der Waals surface area contributed by atoms with Crippen molar-refractivity contribution in [1.29, 1.82) is 0 Å². The number of aromatic nitrogens is 2. The van der Waals surface area contributed by atoms with Gasteiger partial charge in [0.05, 0.1) is 11.0 Å². The van der Waals surface area contributed by atoms with Crippen molar-refractivity contribution in [2.75, 3.05) is 9.80 Å². The molecule has 0 spiro atoms. The molecule has 0 unspecified atom stereocenters. The van der Waals surface area contributed by atoms with Crippen LogP contribution in [0.15, 0.2) is 279 Å². The zero-order chi connectivity index (χ0) is 52.2. The van der Waals surface area contributed by atoms with Crippen LogP contribution in [0.25, 0.3) is 99.6 Å². The normalized spacial score (nSPS) is 13.2. The van der Waals surface area contributed by atoms with Crippen LogP contribution in [0.3, 0.4) is 0 Å². The van der Waals surface area contributed by atoms with E-state index in [0.29, 0.717) is 0 Å². The fraction of sp³-hybridized carbons (Fsp3) is 0. The zero-order valence-corrected chi connectivity index (χ0v) is 43.5. The molecule has 0 fully saturated rings. The molecule has 4 aliphatic heterocycles. The van der Waals surface area contributed by atoms with E-state index in [4.69, 9.17) is 0 Å². The summed E-state index contributed by atoms with van der Waals surface area (Å²) in [5.74, 6) is 0. The number of para-hydroxylation sites is 4. The Hall–Kier alpha value is -10.3. The molecule has 0 radical (unpaired) electrons. The predicted octanol–water partition coefficient (Wildman–Crippen LogP) is 16.3. The largest absolute Gasteiger partial charge is 0.374 e. The van der Waals surface area contributed by atoms with E-state index < -0.39 is 0 Å². The summed E-state index contributed by atoms with van der Waals surface area (Å²) in [7, 11) is 0. The van der Waals surface area contributed by atoms with Crippen molar-refractivity contribution >= 4 is 103 Å². The van der Waals surface area contributed by atoms with Crippen LogP contribution in [-0.2, 0) is 0 Å². The van der Waals surface area contributed by atoms with Gasteiger partial charge in [-0.25, -0.2) is 0 Å². The molecular formula is C74H46B2N4. The predicted molar refractivity (Wildman–Crippen MR) is 338 cm³/mol. The summed E-state index contributed by atoms with van der Waals surface area (Å²) in [5.41, 5.74) is 32.1. The lowest BCUT2D eigenvalue weighted by Crippen LogP contribution is -2.56. The summed E-state index contributed by atoms with van der Waals surface area (Å²) in [6.07, 6.45) is 0. The minimum Gasteiger partial charge on any atom is -0.374 e. The third-order valence-corrected chi connectivity index (χ3v) is 17.8. The molecule has 6 heteroatoms. The Morgan fingerprint density at radius 2 is 0.537 bits per heavy atom. The van der Waals surface area contributed by atoms with E-state index in [-0.39, 0.29) is 13.7 Å². The first-order chi connectivity index (χ1) is 39.7. The van der Waals surface area contributed by atoms with Gasteiger partial charge in [-0.3, -0.25) is 0 Å². The Kier molecular flexibility index (Phi) is 9.09. The van der Waals surface area contributed by atoms with E-state index in [0.717, 1.165) is 11.4 Å². The molecule has 0 amide bonds. The Balaban J connectivity index is 0.884. The van der Waals surface area contributed by atoms with Crippen LogP contribution < -0.4 is 31.7 Å². The van der Waals surface area contributed by atoms with Gasteiger partial charge in [0.15, 0.2) is 0 Å². The molecule has 2 aromatic heterocycles. The highest BCUT2D eigenvalue weighted by Crippen LogP contribution is 2.52. The monoisotopic (exact) mass is 1010 g/mol. The lowest BCUT2D eigenvalue weighted by molar-refractivity contribution is 1.25. The van der Waals surface area contributed by atoms with Crippen molar-refractivity contribution in [2.24, 2.45) is 0 Å². The first-order valence-electron chi connectivity index (χ1n) is 27.9. The molecule has 6 heterocycles. The number of fused-ring (bicyclic) bond motifs is 13. The number of hydrogen-bond acceptors (Lipinski definition) is 2. The Bertz CT molecular complexity index is 4480. The third kappa shape index (κ3) is 6.02. The quantitative estimate of drug-likeness (QED) is 0.154. The summed E-state index contributed by atoms with van der Waals surface area (Å²) in [6.45, 7) is -0.193. The molecule has 14 aromatic rings. The maximum absolute atomic E-state index is 2.76. The summed E-state index contributed by atoms with van der Waals surface area (Å²) >= 11 is 0. The second-order valence-corrected chi connectivity index (χ2v) is 21.9. The van der Waals surface area contributed by atoms with E-state index in [1.165, 1.54) is 144 Å². The summed E-state index contributed by atoms with van der Waals surface area (Å²) in [4.78, 5) is 5.10. The molecule has 0 atom stereocenters. The van der Waals surface area contributed by atoms with Crippen LogP contribution in [0.1, 0.15) is 0 Å². The van der Waals surface area contributed by atoms with Crippen molar-refractivity contribution in [3.63, 3.8) is 0 Å². The number of nitrogens with zero attached hydrogens (tertiary/aromatic N) is 4. The minimum atomic E-state index is -0.0966. The van der Waals surface area contributed by atoms with E-state index in [9.17, 15) is 0 Å². The first kappa shape index (κ1) is 43.8. The standard InChI is InChI=1S/C74H46B2N4/c1-5-21-47(22-6-1)51-41-52(48-23-7-2-8-24-48)44-55(43-51)77-65-37-15-13-35-63(65)75-69-57(29-19-39-67(69)77)59-31-17-33-61-71(59)79(75)73-62-34-18-32-60-58-30-20-40-68-70(58)76(80(72(60)62)74(61)73)64-36-14-16-38-66(64)78(68)56-45-53(49-25-9-3-10-26-49)42-54(46-56)50-27-11-4-12-28-50/h1-46H. The summed E-state index contributed by atoms with van der Waals surface area (Å²) in [6, 6.07) is 104. The van der Waals surface area contributed by atoms with Crippen molar-refractivity contribution in [3.05, 3.63) is 279 Å². The molecule has 0 saturated heterocycles. The van der Waals surface area contributed by atoms with Crippen LogP contribution in [0.2, 0.25) is 0 Å². The average Bonchev–Trinajstić information content (AvgIpc) is 3.70. The van der Waals surface area contributed by atoms with Crippen molar-refractivity contribution < 1.29 is 0 Å². The van der Waals surface area contributed by atoms with Gasteiger partial charge in [0.1, 0.15) is 0 Å². The number of benzene rings is 12. The van der Waals surface area contributed by atoms with Crippen LogP contribution in [0, 0.1) is 0 Å². The average molecular weight is 1010 g/mol. The molecule has 80 heavy (non-hydrogen) atoms. The smallest absolute Gasteiger partial charge is 0.333 e. The molecule has 4 nitrogen and oxygen atoms in total. The van der Waals surface area contributed by atoms with Crippen molar-refractivity contribution in [1.82, 2.24) is 8.96 Å². The van der Waals surface area contributed by atoms with Gasteiger partial charge in [0.25, 0.3) is 0 Å². The Labute approximate surface area is 464 Å². The maximum atomic E-state index is 2.76. The lowest BCUT2D eigenvalue weighted by atomic mass is 9.45. The Morgan fingerprint density at radius 3 is 0.912 bits per heavy atom. The van der Waals surface area contributed by atoms with Crippen LogP contribution in [0.5, 0.6) is 0 Å². The summed E-state index contributed by atoms with van der Waals surface area (Å²) in [5, 5.41) is 2.56. The topological polar surface area (TPSA) is 16.3 Å². The molecular weight excluding hydrogens is 966 g/mol. The van der Waals surface area contributed by atoms with E-state index >= 15 is 0 Å². The SMILES string of the molecule is c1ccc(-c2cc(-c3ccccc3)cc(N3c4ccccc4B4c5c(cccc53)-c3cccc5c3n4c3c4cccc6c4n(c53)B3c4ccccc4N(c4cc(-c5ccccc5)cc(-c5ccccc5)c4)c4cccc-6c43)c2)cc1. The number of anilines is 6. The van der Waals surface area contributed by atoms with Gasteiger partial charge < -0.3 is 18.8 Å². The van der Waals surface area contributed by atoms with Gasteiger partial charge in [-0.15, -0.1) is 0 Å². The molecule has 0 aliphatic carbocycles. The van der Waals surface area contributed by atoms with Crippen LogP contribution in [-0.4, -0.2) is 22.7 Å². The zero-order valence-electron chi connectivity index (χ0n) is 43.5. The van der Waals surface area contributed by atoms with Crippen molar-refractivity contribution in [3.8, 4) is 66.8 Å². The summed E-state index contributed by atoms with van der Waals surface area (Å²) < 4.78 is 5.52. The molecule has 4 aliphatic rings. The van der Waals surface area contributed by atoms with Gasteiger partial charge >= 0.3 is 13.7 Å². The highest BCUT2D eigenvalue weighted by atomic mass is 15.2. The minimum absolute atomic E-state index is 0.0966. The van der Waals surface area contributed by atoms with E-state index in [2.05, 4.69) is 298 Å². The van der Waals surface area contributed by atoms with Gasteiger partial charge in [-0.2, -0.15) is 0 Å². The Morgan fingerprint density at radius 1 is 0.225 bits per heavy atom. The molecule has 0 bridgehead atoms.